The lowest BCUT2D eigenvalue weighted by molar-refractivity contribution is -0.143. The summed E-state index contributed by atoms with van der Waals surface area (Å²) in [5.41, 5.74) is -0.0521. The van der Waals surface area contributed by atoms with Crippen molar-refractivity contribution in [3.05, 3.63) is 11.1 Å². The summed E-state index contributed by atoms with van der Waals surface area (Å²) >= 11 is 0. The van der Waals surface area contributed by atoms with Crippen molar-refractivity contribution in [3.63, 3.8) is 0 Å². The molecule has 23 heavy (non-hydrogen) atoms. The smallest absolute Gasteiger partial charge is 0.165 e. The highest BCUT2D eigenvalue weighted by Gasteiger charge is 2.61. The van der Waals surface area contributed by atoms with Crippen LogP contribution in [-0.4, -0.2) is 33.5 Å². The number of aliphatic hydroxyl groups is 2. The lowest BCUT2D eigenvalue weighted by Gasteiger charge is -2.42. The zero-order valence-electron chi connectivity index (χ0n) is 14.6. The fourth-order valence-electron chi connectivity index (χ4n) is 5.41. The number of fused-ring (bicyclic) bond motifs is 1. The molecule has 5 atom stereocenters. The fraction of sp³-hybridized carbons (Fsp3) is 0.789. The van der Waals surface area contributed by atoms with E-state index in [0.717, 1.165) is 24.0 Å². The summed E-state index contributed by atoms with van der Waals surface area (Å²) in [4.78, 5) is 25.0. The van der Waals surface area contributed by atoms with Crippen LogP contribution in [-0.2, 0) is 9.59 Å². The minimum absolute atomic E-state index is 0.0219. The number of carbonyl (C=O) groups excluding carboxylic acids is 2. The van der Waals surface area contributed by atoms with E-state index in [-0.39, 0.29) is 35.7 Å². The fourth-order valence-corrected chi connectivity index (χ4v) is 5.41. The predicted molar refractivity (Wildman–Crippen MR) is 86.7 cm³/mol. The van der Waals surface area contributed by atoms with Gasteiger partial charge < -0.3 is 10.2 Å². The minimum atomic E-state index is -1.28. The van der Waals surface area contributed by atoms with Crippen molar-refractivity contribution in [1.29, 1.82) is 0 Å². The standard InChI is InChI=1S/C19H28O4/c1-10(2)19(23)15-6-5-11(3)17-12(13(20)7-14(17)21)8-18(15,4)9-16(19)22/h10-11,14-15,21,23H,5-9H2,1-4H3/t11-,14-,15+,18-,19-/m1/s1. The van der Waals surface area contributed by atoms with Crippen molar-refractivity contribution in [2.75, 3.05) is 0 Å². The Hall–Kier alpha value is -1.00. The summed E-state index contributed by atoms with van der Waals surface area (Å²) in [6.07, 6.45) is 1.91. The van der Waals surface area contributed by atoms with E-state index in [1.54, 1.807) is 0 Å². The Balaban J connectivity index is 2.07. The van der Waals surface area contributed by atoms with E-state index in [4.69, 9.17) is 0 Å². The number of hydrogen-bond acceptors (Lipinski definition) is 4. The molecule has 0 radical (unpaired) electrons. The van der Waals surface area contributed by atoms with Crippen molar-refractivity contribution >= 4 is 11.6 Å². The Morgan fingerprint density at radius 3 is 2.43 bits per heavy atom. The van der Waals surface area contributed by atoms with Gasteiger partial charge in [-0.2, -0.15) is 0 Å². The van der Waals surface area contributed by atoms with E-state index in [2.05, 4.69) is 0 Å². The molecular weight excluding hydrogens is 292 g/mol. The Morgan fingerprint density at radius 2 is 1.83 bits per heavy atom. The summed E-state index contributed by atoms with van der Waals surface area (Å²) in [6.45, 7) is 7.89. The van der Waals surface area contributed by atoms with Crippen molar-refractivity contribution in [2.45, 2.75) is 71.5 Å². The molecule has 128 valence electrons. The average molecular weight is 320 g/mol. The average Bonchev–Trinajstić information content (AvgIpc) is 2.79. The molecule has 1 saturated carbocycles. The van der Waals surface area contributed by atoms with Gasteiger partial charge in [0.2, 0.25) is 0 Å². The van der Waals surface area contributed by atoms with E-state index in [1.165, 1.54) is 0 Å². The van der Waals surface area contributed by atoms with Crippen molar-refractivity contribution in [3.8, 4) is 0 Å². The lowest BCUT2D eigenvalue weighted by Crippen LogP contribution is -2.48. The second kappa shape index (κ2) is 5.25. The van der Waals surface area contributed by atoms with Crippen LogP contribution in [0.15, 0.2) is 11.1 Å². The maximum Gasteiger partial charge on any atom is 0.165 e. The van der Waals surface area contributed by atoms with E-state index in [1.807, 2.05) is 27.7 Å². The summed E-state index contributed by atoms with van der Waals surface area (Å²) < 4.78 is 0. The molecule has 4 heteroatoms. The quantitative estimate of drug-likeness (QED) is 0.778. The molecule has 0 aromatic carbocycles. The van der Waals surface area contributed by atoms with Crippen LogP contribution in [0.25, 0.3) is 0 Å². The minimum Gasteiger partial charge on any atom is -0.388 e. The summed E-state index contributed by atoms with van der Waals surface area (Å²) in [7, 11) is 0. The molecule has 3 rings (SSSR count). The molecule has 0 aromatic heterocycles. The maximum absolute atomic E-state index is 12.7. The van der Waals surface area contributed by atoms with Crippen molar-refractivity contribution in [1.82, 2.24) is 0 Å². The molecule has 0 aromatic rings. The van der Waals surface area contributed by atoms with Gasteiger partial charge in [0.05, 0.1) is 6.10 Å². The van der Waals surface area contributed by atoms with E-state index < -0.39 is 17.1 Å². The van der Waals surface area contributed by atoms with Crippen LogP contribution in [0.2, 0.25) is 0 Å². The monoisotopic (exact) mass is 320 g/mol. The summed E-state index contributed by atoms with van der Waals surface area (Å²) in [5.74, 6) is -0.182. The van der Waals surface area contributed by atoms with Crippen molar-refractivity contribution < 1.29 is 19.8 Å². The van der Waals surface area contributed by atoms with Gasteiger partial charge in [0.15, 0.2) is 11.6 Å². The van der Waals surface area contributed by atoms with Crippen LogP contribution in [0.1, 0.15) is 59.8 Å². The van der Waals surface area contributed by atoms with E-state index in [9.17, 15) is 19.8 Å². The second-order valence-electron chi connectivity index (χ2n) is 8.52. The van der Waals surface area contributed by atoms with Gasteiger partial charge in [0.25, 0.3) is 0 Å². The molecule has 0 amide bonds. The topological polar surface area (TPSA) is 74.6 Å². The third kappa shape index (κ3) is 2.25. The molecule has 0 unspecified atom stereocenters. The van der Waals surface area contributed by atoms with Crippen LogP contribution in [0.5, 0.6) is 0 Å². The first-order chi connectivity index (χ1) is 10.6. The lowest BCUT2D eigenvalue weighted by atomic mass is 9.64. The summed E-state index contributed by atoms with van der Waals surface area (Å²) in [5, 5.41) is 21.4. The molecule has 3 aliphatic rings. The Labute approximate surface area is 138 Å². The molecule has 0 spiro atoms. The molecule has 0 heterocycles. The van der Waals surface area contributed by atoms with Gasteiger partial charge >= 0.3 is 0 Å². The van der Waals surface area contributed by atoms with Crippen LogP contribution < -0.4 is 0 Å². The molecule has 0 bridgehead atoms. The van der Waals surface area contributed by atoms with Gasteiger partial charge in [0, 0.05) is 18.8 Å². The van der Waals surface area contributed by atoms with Gasteiger partial charge in [-0.25, -0.2) is 0 Å². The number of Topliss-reactive ketones (excluding diaryl/α,β-unsaturated/α-hetero) is 2. The molecule has 1 fully saturated rings. The normalized spacial score (nSPS) is 44.4. The van der Waals surface area contributed by atoms with Crippen LogP contribution in [0, 0.1) is 23.2 Å². The molecule has 2 N–H and O–H groups in total. The van der Waals surface area contributed by atoms with Crippen LogP contribution in [0.3, 0.4) is 0 Å². The van der Waals surface area contributed by atoms with Gasteiger partial charge in [-0.05, 0) is 47.7 Å². The largest absolute Gasteiger partial charge is 0.388 e. The maximum atomic E-state index is 12.7. The van der Waals surface area contributed by atoms with Crippen LogP contribution in [0.4, 0.5) is 0 Å². The Bertz CT molecular complexity index is 590. The van der Waals surface area contributed by atoms with Gasteiger partial charge in [-0.1, -0.05) is 27.7 Å². The van der Waals surface area contributed by atoms with E-state index >= 15 is 0 Å². The first-order valence-corrected chi connectivity index (χ1v) is 8.81. The molecular formula is C19H28O4. The molecule has 0 saturated heterocycles. The molecule has 0 aliphatic heterocycles. The zero-order chi connectivity index (χ0) is 17.2. The third-order valence-corrected chi connectivity index (χ3v) is 6.69. The highest BCUT2D eigenvalue weighted by Crippen LogP contribution is 2.57. The summed E-state index contributed by atoms with van der Waals surface area (Å²) in [6, 6.07) is 0. The number of carbonyl (C=O) groups is 2. The predicted octanol–water partition coefficient (Wildman–Crippen LogP) is 2.42. The van der Waals surface area contributed by atoms with Crippen LogP contribution >= 0.6 is 0 Å². The van der Waals surface area contributed by atoms with Gasteiger partial charge in [-0.3, -0.25) is 9.59 Å². The number of aliphatic hydroxyl groups excluding tert-OH is 1. The number of allylic oxidation sites excluding steroid dienone is 1. The Morgan fingerprint density at radius 1 is 1.17 bits per heavy atom. The van der Waals surface area contributed by atoms with Crippen molar-refractivity contribution in [2.24, 2.45) is 23.2 Å². The van der Waals surface area contributed by atoms with Gasteiger partial charge in [0.1, 0.15) is 5.60 Å². The highest BCUT2D eigenvalue weighted by molar-refractivity contribution is 6.00. The van der Waals surface area contributed by atoms with Gasteiger partial charge in [-0.15, -0.1) is 0 Å². The first-order valence-electron chi connectivity index (χ1n) is 8.81. The Kier molecular flexibility index (Phi) is 3.84. The highest BCUT2D eigenvalue weighted by atomic mass is 16.3. The number of hydrogen-bond donors (Lipinski definition) is 2. The SMILES string of the molecule is CC(C)[C@]1(O)C(=O)C[C@@]2(C)CC3=C([C@H](C)CC[C@@H]21)[C@H](O)CC3=O. The molecule has 3 aliphatic carbocycles. The first kappa shape index (κ1) is 16.8. The number of ketones is 2. The molecule has 4 nitrogen and oxygen atoms in total. The zero-order valence-corrected chi connectivity index (χ0v) is 14.6. The third-order valence-electron chi connectivity index (χ3n) is 6.69. The number of rotatable bonds is 1. The van der Waals surface area contributed by atoms with E-state index in [0.29, 0.717) is 12.8 Å². The second-order valence-corrected chi connectivity index (χ2v) is 8.52.